The third kappa shape index (κ3) is 7.62. The molecule has 0 unspecified atom stereocenters. The first-order valence-corrected chi connectivity index (χ1v) is 6.31. The number of rotatable bonds is 0. The van der Waals surface area contributed by atoms with Gasteiger partial charge in [-0.25, -0.2) is 9.59 Å². The Morgan fingerprint density at radius 2 is 1.76 bits per heavy atom. The third-order valence-corrected chi connectivity index (χ3v) is 2.08. The fourth-order valence-electron chi connectivity index (χ4n) is 0.769. The Labute approximate surface area is 106 Å². The quantitative estimate of drug-likeness (QED) is 0.512. The summed E-state index contributed by atoms with van der Waals surface area (Å²) in [6.07, 6.45) is 1.74. The summed E-state index contributed by atoms with van der Waals surface area (Å²) in [5.74, 6) is 0. The number of urea groups is 2. The molecular weight excluding hydrogens is 240 g/mol. The lowest BCUT2D eigenvalue weighted by molar-refractivity contribution is 0.222. The van der Waals surface area contributed by atoms with Crippen LogP contribution in [0.15, 0.2) is 4.99 Å². The smallest absolute Gasteiger partial charge is 0.332 e. The van der Waals surface area contributed by atoms with Crippen LogP contribution in [0.3, 0.4) is 0 Å². The van der Waals surface area contributed by atoms with Crippen molar-refractivity contribution in [1.29, 1.82) is 0 Å². The predicted octanol–water partition coefficient (Wildman–Crippen LogP) is 1.48. The van der Waals surface area contributed by atoms with E-state index < -0.39 is 6.03 Å². The molecule has 0 aromatic carbocycles. The van der Waals surface area contributed by atoms with Gasteiger partial charge in [-0.1, -0.05) is 11.8 Å². The van der Waals surface area contributed by atoms with Crippen molar-refractivity contribution in [2.75, 3.05) is 20.4 Å². The highest BCUT2D eigenvalue weighted by Gasteiger charge is 2.14. The van der Waals surface area contributed by atoms with E-state index in [2.05, 4.69) is 15.6 Å². The van der Waals surface area contributed by atoms with Crippen molar-refractivity contribution in [2.24, 2.45) is 4.99 Å². The SMILES string of the molecule is CSC(=NC(=O)NC(C)(C)C)NC(=O)N(C)C. The van der Waals surface area contributed by atoms with Crippen molar-refractivity contribution in [2.45, 2.75) is 26.3 Å². The highest BCUT2D eigenvalue weighted by molar-refractivity contribution is 8.13. The number of hydrogen-bond acceptors (Lipinski definition) is 3. The van der Waals surface area contributed by atoms with Gasteiger partial charge in [-0.15, -0.1) is 0 Å². The summed E-state index contributed by atoms with van der Waals surface area (Å²) >= 11 is 1.20. The van der Waals surface area contributed by atoms with Crippen molar-refractivity contribution >= 4 is 29.0 Å². The van der Waals surface area contributed by atoms with Gasteiger partial charge in [0.25, 0.3) is 0 Å². The number of aliphatic imine (C=N–C) groups is 1. The lowest BCUT2D eigenvalue weighted by atomic mass is 10.1. The maximum atomic E-state index is 11.5. The minimum atomic E-state index is -0.471. The van der Waals surface area contributed by atoms with Gasteiger partial charge in [0.1, 0.15) is 0 Å². The van der Waals surface area contributed by atoms with Crippen molar-refractivity contribution < 1.29 is 9.59 Å². The van der Waals surface area contributed by atoms with Gasteiger partial charge in [0.05, 0.1) is 0 Å². The number of nitrogens with zero attached hydrogens (tertiary/aromatic N) is 2. The van der Waals surface area contributed by atoms with E-state index in [0.717, 1.165) is 0 Å². The number of hydrogen-bond donors (Lipinski definition) is 2. The molecule has 0 fully saturated rings. The van der Waals surface area contributed by atoms with Crippen molar-refractivity contribution in [3.05, 3.63) is 0 Å². The molecule has 0 aliphatic heterocycles. The molecule has 0 bridgehead atoms. The number of amides is 4. The van der Waals surface area contributed by atoms with Crippen molar-refractivity contribution in [1.82, 2.24) is 15.5 Å². The first kappa shape index (κ1) is 15.8. The van der Waals surface area contributed by atoms with Gasteiger partial charge in [0.15, 0.2) is 5.17 Å². The van der Waals surface area contributed by atoms with E-state index in [1.165, 1.54) is 16.7 Å². The molecule has 0 heterocycles. The molecule has 0 aliphatic rings. The molecule has 2 N–H and O–H groups in total. The predicted molar refractivity (Wildman–Crippen MR) is 71.5 cm³/mol. The number of carbonyl (C=O) groups is 2. The molecule has 17 heavy (non-hydrogen) atoms. The first-order valence-electron chi connectivity index (χ1n) is 5.09. The Bertz CT molecular complexity index is 321. The maximum Gasteiger partial charge on any atom is 0.343 e. The fraction of sp³-hybridized carbons (Fsp3) is 0.700. The standard InChI is InChI=1S/C10H20N4O2S/c1-10(2,3)13-7(15)11-8(17-6)12-9(16)14(4)5/h1-6H3,(H2,11,12,13,15,16). The molecule has 98 valence electrons. The Morgan fingerprint density at radius 3 is 2.12 bits per heavy atom. The van der Waals surface area contributed by atoms with Gasteiger partial charge in [-0.2, -0.15) is 4.99 Å². The van der Waals surface area contributed by atoms with Crippen LogP contribution in [0.5, 0.6) is 0 Å². The highest BCUT2D eigenvalue weighted by atomic mass is 32.2. The average molecular weight is 260 g/mol. The summed E-state index contributed by atoms with van der Waals surface area (Å²) in [5, 5.41) is 5.47. The normalized spacial score (nSPS) is 12.0. The Balaban J connectivity index is 4.55. The Kier molecular flexibility index (Phi) is 6.01. The van der Waals surface area contributed by atoms with Crippen LogP contribution >= 0.6 is 11.8 Å². The molecular formula is C10H20N4O2S. The van der Waals surface area contributed by atoms with Crippen molar-refractivity contribution in [3.8, 4) is 0 Å². The zero-order valence-corrected chi connectivity index (χ0v) is 11.9. The van der Waals surface area contributed by atoms with Crippen LogP contribution in [0.1, 0.15) is 20.8 Å². The van der Waals surface area contributed by atoms with Crippen LogP contribution < -0.4 is 10.6 Å². The molecule has 0 aromatic rings. The summed E-state index contributed by atoms with van der Waals surface area (Å²) in [6.45, 7) is 5.58. The van der Waals surface area contributed by atoms with Gasteiger partial charge in [-0.3, -0.25) is 5.32 Å². The van der Waals surface area contributed by atoms with Crippen LogP contribution in [0, 0.1) is 0 Å². The van der Waals surface area contributed by atoms with Gasteiger partial charge >= 0.3 is 12.1 Å². The van der Waals surface area contributed by atoms with Crippen molar-refractivity contribution in [3.63, 3.8) is 0 Å². The van der Waals surface area contributed by atoms with Crippen LogP contribution in [0.25, 0.3) is 0 Å². The summed E-state index contributed by atoms with van der Waals surface area (Å²) in [4.78, 5) is 28.0. The van der Waals surface area contributed by atoms with E-state index in [1.807, 2.05) is 20.8 Å². The van der Waals surface area contributed by atoms with Gasteiger partial charge < -0.3 is 10.2 Å². The number of amidine groups is 1. The fourth-order valence-corrected chi connectivity index (χ4v) is 1.13. The molecule has 0 radical (unpaired) electrons. The molecule has 7 heteroatoms. The molecule has 0 aromatic heterocycles. The van der Waals surface area contributed by atoms with E-state index in [0.29, 0.717) is 0 Å². The molecule has 0 saturated heterocycles. The zero-order valence-electron chi connectivity index (χ0n) is 11.1. The molecule has 0 atom stereocenters. The third-order valence-electron chi connectivity index (χ3n) is 1.50. The molecule has 6 nitrogen and oxygen atoms in total. The van der Waals surface area contributed by atoms with E-state index in [-0.39, 0.29) is 16.7 Å². The summed E-state index contributed by atoms with van der Waals surface area (Å²) in [6, 6.07) is -0.789. The van der Waals surface area contributed by atoms with Gasteiger partial charge in [0, 0.05) is 19.6 Å². The van der Waals surface area contributed by atoms with Crippen LogP contribution in [0.2, 0.25) is 0 Å². The van der Waals surface area contributed by atoms with Crippen LogP contribution in [0.4, 0.5) is 9.59 Å². The lowest BCUT2D eigenvalue weighted by Gasteiger charge is -2.19. The minimum absolute atomic E-state index is 0.269. The largest absolute Gasteiger partial charge is 0.343 e. The average Bonchev–Trinajstić information content (AvgIpc) is 2.13. The highest BCUT2D eigenvalue weighted by Crippen LogP contribution is 2.01. The molecule has 0 rings (SSSR count). The molecule has 0 spiro atoms. The minimum Gasteiger partial charge on any atom is -0.332 e. The second kappa shape index (κ2) is 6.48. The van der Waals surface area contributed by atoms with Gasteiger partial charge in [-0.05, 0) is 27.0 Å². The number of nitrogens with one attached hydrogen (secondary N) is 2. The second-order valence-electron chi connectivity index (χ2n) is 4.63. The van der Waals surface area contributed by atoms with Crippen LogP contribution in [-0.4, -0.2) is 48.0 Å². The van der Waals surface area contributed by atoms with Crippen LogP contribution in [-0.2, 0) is 0 Å². The molecule has 4 amide bonds. The second-order valence-corrected chi connectivity index (χ2v) is 5.42. The van der Waals surface area contributed by atoms with E-state index >= 15 is 0 Å². The Morgan fingerprint density at radius 1 is 1.24 bits per heavy atom. The molecule has 0 saturated carbocycles. The first-order chi connectivity index (χ1) is 7.65. The Hall–Kier alpha value is -1.24. The zero-order chi connectivity index (χ0) is 13.6. The summed E-state index contributed by atoms with van der Waals surface area (Å²) in [7, 11) is 3.23. The summed E-state index contributed by atoms with van der Waals surface area (Å²) in [5.41, 5.74) is -0.352. The molecule has 0 aliphatic carbocycles. The number of thioether (sulfide) groups is 1. The van der Waals surface area contributed by atoms with E-state index in [1.54, 1.807) is 20.4 Å². The summed E-state index contributed by atoms with van der Waals surface area (Å²) < 4.78 is 0. The maximum absolute atomic E-state index is 11.5. The number of carbonyl (C=O) groups excluding carboxylic acids is 2. The topological polar surface area (TPSA) is 73.8 Å². The monoisotopic (exact) mass is 260 g/mol. The van der Waals surface area contributed by atoms with E-state index in [9.17, 15) is 9.59 Å². The lowest BCUT2D eigenvalue weighted by Crippen LogP contribution is -2.41. The van der Waals surface area contributed by atoms with E-state index in [4.69, 9.17) is 0 Å². The van der Waals surface area contributed by atoms with Gasteiger partial charge in [0.2, 0.25) is 0 Å².